The Morgan fingerprint density at radius 1 is 1.33 bits per heavy atom. The molecule has 1 unspecified atom stereocenters. The van der Waals surface area contributed by atoms with Crippen molar-refractivity contribution in [3.8, 4) is 0 Å². The van der Waals surface area contributed by atoms with Crippen molar-refractivity contribution in [2.24, 2.45) is 0 Å². The predicted octanol–water partition coefficient (Wildman–Crippen LogP) is 2.10. The van der Waals surface area contributed by atoms with Gasteiger partial charge in [0.05, 0.1) is 11.2 Å². The molecule has 2 heterocycles. The van der Waals surface area contributed by atoms with E-state index >= 15 is 0 Å². The molecule has 1 aromatic heterocycles. The highest BCUT2D eigenvalue weighted by Gasteiger charge is 2.35. The Bertz CT molecular complexity index is 710. The second kappa shape index (κ2) is 5.29. The number of fused-ring (bicyclic) bond motifs is 1. The highest BCUT2D eigenvalue weighted by Crippen LogP contribution is 2.26. The van der Waals surface area contributed by atoms with E-state index < -0.39 is 12.0 Å². The number of benzene rings is 1. The molecule has 0 fully saturated rings. The van der Waals surface area contributed by atoms with Crippen LogP contribution in [0.15, 0.2) is 29.8 Å². The number of thiazole rings is 1. The summed E-state index contributed by atoms with van der Waals surface area (Å²) in [7, 11) is 0. The number of carboxylic acid groups (broad SMARTS) is 1. The number of hydrogen-bond acceptors (Lipinski definition) is 4. The van der Waals surface area contributed by atoms with Gasteiger partial charge in [0.2, 0.25) is 0 Å². The first-order valence-corrected chi connectivity index (χ1v) is 7.46. The zero-order valence-corrected chi connectivity index (χ0v) is 12.3. The van der Waals surface area contributed by atoms with E-state index in [1.807, 2.05) is 24.3 Å². The molecule has 1 aliphatic rings. The van der Waals surface area contributed by atoms with Crippen LogP contribution in [0.5, 0.6) is 0 Å². The number of rotatable bonds is 2. The van der Waals surface area contributed by atoms with Gasteiger partial charge < -0.3 is 10.0 Å². The van der Waals surface area contributed by atoms with Gasteiger partial charge in [-0.15, -0.1) is 11.3 Å². The molecule has 3 rings (SSSR count). The predicted molar refractivity (Wildman–Crippen MR) is 78.3 cm³/mol. The molecule has 5 nitrogen and oxygen atoms in total. The van der Waals surface area contributed by atoms with Crippen molar-refractivity contribution in [2.45, 2.75) is 25.9 Å². The molecule has 1 N–H and O–H groups in total. The normalized spacial score (nSPS) is 17.4. The molecule has 21 heavy (non-hydrogen) atoms. The van der Waals surface area contributed by atoms with Crippen LogP contribution in [0, 0.1) is 6.92 Å². The summed E-state index contributed by atoms with van der Waals surface area (Å²) in [5, 5.41) is 9.44. The first-order valence-electron chi connectivity index (χ1n) is 6.58. The monoisotopic (exact) mass is 302 g/mol. The Hall–Kier alpha value is -2.21. The number of aromatic nitrogens is 1. The summed E-state index contributed by atoms with van der Waals surface area (Å²) < 4.78 is 0. The molecule has 0 bridgehead atoms. The van der Waals surface area contributed by atoms with Crippen LogP contribution < -0.4 is 0 Å². The van der Waals surface area contributed by atoms with Gasteiger partial charge in [-0.3, -0.25) is 4.79 Å². The fraction of sp³-hybridized carbons (Fsp3) is 0.267. The number of nitrogens with zero attached hydrogens (tertiary/aromatic N) is 2. The Morgan fingerprint density at radius 3 is 2.67 bits per heavy atom. The van der Waals surface area contributed by atoms with Crippen LogP contribution in [0.25, 0.3) is 0 Å². The van der Waals surface area contributed by atoms with Crippen LogP contribution >= 0.6 is 11.3 Å². The number of carbonyl (C=O) groups excluding carboxylic acids is 1. The fourth-order valence-corrected chi connectivity index (χ4v) is 3.35. The lowest BCUT2D eigenvalue weighted by Gasteiger charge is -2.34. The minimum atomic E-state index is -0.972. The Morgan fingerprint density at radius 2 is 2.05 bits per heavy atom. The van der Waals surface area contributed by atoms with Gasteiger partial charge >= 0.3 is 5.97 Å². The van der Waals surface area contributed by atoms with Crippen molar-refractivity contribution in [3.05, 3.63) is 51.5 Å². The molecular weight excluding hydrogens is 288 g/mol. The molecule has 1 aliphatic heterocycles. The number of amides is 1. The van der Waals surface area contributed by atoms with Crippen molar-refractivity contribution in [2.75, 3.05) is 0 Å². The van der Waals surface area contributed by atoms with Gasteiger partial charge in [0.15, 0.2) is 0 Å². The lowest BCUT2D eigenvalue weighted by molar-refractivity contribution is -0.142. The number of hydrogen-bond donors (Lipinski definition) is 1. The van der Waals surface area contributed by atoms with E-state index in [9.17, 15) is 14.7 Å². The highest BCUT2D eigenvalue weighted by atomic mass is 32.1. The van der Waals surface area contributed by atoms with Gasteiger partial charge in [-0.1, -0.05) is 24.3 Å². The van der Waals surface area contributed by atoms with Crippen LogP contribution in [0.3, 0.4) is 0 Å². The third-order valence-electron chi connectivity index (χ3n) is 3.73. The van der Waals surface area contributed by atoms with Gasteiger partial charge in [0.1, 0.15) is 10.9 Å². The highest BCUT2D eigenvalue weighted by molar-refractivity contribution is 7.11. The third-order valence-corrected chi connectivity index (χ3v) is 4.65. The van der Waals surface area contributed by atoms with Crippen LogP contribution in [0.4, 0.5) is 0 Å². The van der Waals surface area contributed by atoms with Crippen LogP contribution in [0.2, 0.25) is 0 Å². The Balaban J connectivity index is 1.98. The molecule has 108 valence electrons. The summed E-state index contributed by atoms with van der Waals surface area (Å²) in [4.78, 5) is 30.2. The van der Waals surface area contributed by atoms with Gasteiger partial charge in [0.25, 0.3) is 5.91 Å². The van der Waals surface area contributed by atoms with Crippen molar-refractivity contribution < 1.29 is 14.7 Å². The molecular formula is C15H14N2O3S. The molecule has 2 aromatic rings. The number of aliphatic carboxylic acids is 1. The van der Waals surface area contributed by atoms with Crippen LogP contribution in [-0.2, 0) is 17.8 Å². The minimum absolute atomic E-state index is 0.253. The van der Waals surface area contributed by atoms with E-state index in [0.717, 1.165) is 11.1 Å². The standard InChI is InChI=1S/C15H14N2O3S/c1-9-13(21-8-16-9)14(18)17-7-11-5-3-2-4-10(11)6-12(17)15(19)20/h2-5,8,12H,6-7H2,1H3,(H,19,20). The second-order valence-electron chi connectivity index (χ2n) is 5.03. The fourth-order valence-electron chi connectivity index (χ4n) is 2.59. The number of carbonyl (C=O) groups is 2. The summed E-state index contributed by atoms with van der Waals surface area (Å²) in [6.07, 6.45) is 0.342. The van der Waals surface area contributed by atoms with E-state index in [1.54, 1.807) is 12.4 Å². The van der Waals surface area contributed by atoms with Crippen molar-refractivity contribution in [1.29, 1.82) is 0 Å². The maximum atomic E-state index is 12.6. The SMILES string of the molecule is Cc1ncsc1C(=O)N1Cc2ccccc2CC1C(=O)O. The first kappa shape index (κ1) is 13.8. The molecule has 0 radical (unpaired) electrons. The van der Waals surface area contributed by atoms with Gasteiger partial charge in [-0.05, 0) is 18.1 Å². The maximum absolute atomic E-state index is 12.6. The molecule has 1 amide bonds. The quantitative estimate of drug-likeness (QED) is 0.922. The first-order chi connectivity index (χ1) is 10.1. The minimum Gasteiger partial charge on any atom is -0.480 e. The average molecular weight is 302 g/mol. The summed E-state index contributed by atoms with van der Waals surface area (Å²) in [5.41, 5.74) is 4.25. The lowest BCUT2D eigenvalue weighted by Crippen LogP contribution is -2.48. The van der Waals surface area contributed by atoms with Crippen molar-refractivity contribution in [3.63, 3.8) is 0 Å². The molecule has 0 saturated carbocycles. The Labute approximate surface area is 125 Å². The average Bonchev–Trinajstić information content (AvgIpc) is 2.91. The summed E-state index contributed by atoms with van der Waals surface area (Å²) in [6, 6.07) is 6.83. The summed E-state index contributed by atoms with van der Waals surface area (Å²) in [6.45, 7) is 2.08. The van der Waals surface area contributed by atoms with Crippen molar-refractivity contribution >= 4 is 23.2 Å². The Kier molecular flexibility index (Phi) is 3.47. The lowest BCUT2D eigenvalue weighted by atomic mass is 9.94. The molecule has 0 spiro atoms. The maximum Gasteiger partial charge on any atom is 0.326 e. The van der Waals surface area contributed by atoms with Gasteiger partial charge in [-0.2, -0.15) is 0 Å². The second-order valence-corrected chi connectivity index (χ2v) is 5.88. The zero-order chi connectivity index (χ0) is 15.0. The molecule has 0 aliphatic carbocycles. The van der Waals surface area contributed by atoms with Gasteiger partial charge in [-0.25, -0.2) is 9.78 Å². The number of aryl methyl sites for hydroxylation is 1. The zero-order valence-electron chi connectivity index (χ0n) is 11.4. The summed E-state index contributed by atoms with van der Waals surface area (Å²) >= 11 is 1.25. The van der Waals surface area contributed by atoms with Crippen LogP contribution in [0.1, 0.15) is 26.5 Å². The number of carboxylic acids is 1. The molecule has 1 aromatic carbocycles. The van der Waals surface area contributed by atoms with Crippen LogP contribution in [-0.4, -0.2) is 32.9 Å². The summed E-state index contributed by atoms with van der Waals surface area (Å²) in [5.74, 6) is -1.23. The van der Waals surface area contributed by atoms with E-state index in [1.165, 1.54) is 16.2 Å². The topological polar surface area (TPSA) is 70.5 Å². The van der Waals surface area contributed by atoms with E-state index in [4.69, 9.17) is 0 Å². The van der Waals surface area contributed by atoms with E-state index in [-0.39, 0.29) is 5.91 Å². The van der Waals surface area contributed by atoms with Gasteiger partial charge in [0, 0.05) is 13.0 Å². The smallest absolute Gasteiger partial charge is 0.326 e. The van der Waals surface area contributed by atoms with Crippen molar-refractivity contribution in [1.82, 2.24) is 9.88 Å². The molecule has 0 saturated heterocycles. The van der Waals surface area contributed by atoms with E-state index in [0.29, 0.717) is 23.5 Å². The third kappa shape index (κ3) is 2.42. The largest absolute Gasteiger partial charge is 0.480 e. The van der Waals surface area contributed by atoms with E-state index in [2.05, 4.69) is 4.98 Å². The molecule has 6 heteroatoms. The molecule has 1 atom stereocenters.